The molecule has 7 heteroatoms. The van der Waals surface area contributed by atoms with Crippen molar-refractivity contribution < 1.29 is 13.5 Å². The molecule has 0 aromatic heterocycles. The summed E-state index contributed by atoms with van der Waals surface area (Å²) in [6.45, 7) is 1.77. The number of sulfonamides is 1. The fourth-order valence-corrected chi connectivity index (χ4v) is 3.48. The number of halogens is 2. The molecule has 0 heterocycles. The monoisotopic (exact) mass is 311 g/mol. The molecule has 2 N–H and O–H groups in total. The number of nitrogens with one attached hydrogen (secondary N) is 1. The van der Waals surface area contributed by atoms with Crippen LogP contribution in [0.5, 0.6) is 0 Å². The van der Waals surface area contributed by atoms with E-state index in [9.17, 15) is 8.42 Å². The first-order chi connectivity index (χ1) is 8.35. The Kier molecular flexibility index (Phi) is 5.88. The van der Waals surface area contributed by atoms with Gasteiger partial charge in [0, 0.05) is 22.7 Å². The van der Waals surface area contributed by atoms with Gasteiger partial charge in [0.15, 0.2) is 0 Å². The molecule has 1 unspecified atom stereocenters. The maximum atomic E-state index is 12.0. The number of aliphatic hydroxyl groups excluding tert-OH is 1. The largest absolute Gasteiger partial charge is 0.396 e. The smallest absolute Gasteiger partial charge is 0.240 e. The van der Waals surface area contributed by atoms with Crippen LogP contribution in [0, 0.1) is 0 Å². The summed E-state index contributed by atoms with van der Waals surface area (Å²) in [7, 11) is -3.64. The maximum Gasteiger partial charge on any atom is 0.240 e. The van der Waals surface area contributed by atoms with Crippen LogP contribution in [0.25, 0.3) is 0 Å². The maximum absolute atomic E-state index is 12.0. The fraction of sp³-hybridized carbons (Fsp3) is 0.455. The molecule has 18 heavy (non-hydrogen) atoms. The normalized spacial score (nSPS) is 13.6. The summed E-state index contributed by atoms with van der Waals surface area (Å²) in [5, 5.41) is 9.23. The minimum absolute atomic E-state index is 0.0368. The Hall–Kier alpha value is -0.330. The Morgan fingerprint density at radius 2 is 1.83 bits per heavy atom. The van der Waals surface area contributed by atoms with Gasteiger partial charge in [-0.1, -0.05) is 23.2 Å². The summed E-state index contributed by atoms with van der Waals surface area (Å²) in [4.78, 5) is 0.0378. The van der Waals surface area contributed by atoms with Crippen LogP contribution >= 0.6 is 23.2 Å². The van der Waals surface area contributed by atoms with Gasteiger partial charge in [-0.05, 0) is 38.0 Å². The van der Waals surface area contributed by atoms with E-state index in [-0.39, 0.29) is 27.6 Å². The second-order valence-corrected chi connectivity index (χ2v) is 6.58. The molecule has 0 saturated heterocycles. The van der Waals surface area contributed by atoms with Crippen LogP contribution in [0.2, 0.25) is 10.0 Å². The first-order valence-electron chi connectivity index (χ1n) is 5.44. The van der Waals surface area contributed by atoms with Gasteiger partial charge in [0.05, 0.1) is 4.90 Å². The van der Waals surface area contributed by atoms with Gasteiger partial charge in [0.25, 0.3) is 0 Å². The summed E-state index contributed by atoms with van der Waals surface area (Å²) in [6.07, 6.45) is 1.10. The van der Waals surface area contributed by atoms with Crippen molar-refractivity contribution >= 4 is 33.2 Å². The first kappa shape index (κ1) is 15.7. The van der Waals surface area contributed by atoms with Gasteiger partial charge < -0.3 is 5.11 Å². The molecule has 0 fully saturated rings. The molecule has 1 aromatic carbocycles. The number of aliphatic hydroxyl groups is 1. The van der Waals surface area contributed by atoms with E-state index < -0.39 is 10.0 Å². The first-order valence-corrected chi connectivity index (χ1v) is 7.68. The molecule has 1 rings (SSSR count). The highest BCUT2D eigenvalue weighted by atomic mass is 35.5. The van der Waals surface area contributed by atoms with Crippen molar-refractivity contribution in [3.05, 3.63) is 28.2 Å². The SMILES string of the molecule is CC(CCCO)NS(=O)(=O)c1cc(Cl)cc(Cl)c1. The lowest BCUT2D eigenvalue weighted by atomic mass is 10.2. The zero-order valence-corrected chi connectivity index (χ0v) is 12.2. The van der Waals surface area contributed by atoms with Gasteiger partial charge in [-0.2, -0.15) is 0 Å². The minimum atomic E-state index is -3.64. The van der Waals surface area contributed by atoms with Crippen LogP contribution < -0.4 is 4.72 Å². The average molecular weight is 312 g/mol. The molecular formula is C11H15Cl2NO3S. The third-order valence-electron chi connectivity index (χ3n) is 2.30. The molecule has 4 nitrogen and oxygen atoms in total. The molecule has 0 aliphatic rings. The van der Waals surface area contributed by atoms with Crippen molar-refractivity contribution in [3.63, 3.8) is 0 Å². The van der Waals surface area contributed by atoms with E-state index in [0.717, 1.165) is 0 Å². The molecule has 0 spiro atoms. The van der Waals surface area contributed by atoms with Crippen LogP contribution in [-0.4, -0.2) is 26.2 Å². The van der Waals surface area contributed by atoms with E-state index in [0.29, 0.717) is 12.8 Å². The molecule has 102 valence electrons. The van der Waals surface area contributed by atoms with E-state index in [4.69, 9.17) is 28.3 Å². The van der Waals surface area contributed by atoms with Gasteiger partial charge in [-0.3, -0.25) is 0 Å². The van der Waals surface area contributed by atoms with Crippen molar-refractivity contribution in [2.24, 2.45) is 0 Å². The average Bonchev–Trinajstić information content (AvgIpc) is 2.24. The van der Waals surface area contributed by atoms with Gasteiger partial charge in [0.2, 0.25) is 10.0 Å². The van der Waals surface area contributed by atoms with Crippen molar-refractivity contribution in [1.82, 2.24) is 4.72 Å². The number of rotatable bonds is 6. The predicted octanol–water partition coefficient (Wildman–Crippen LogP) is 2.43. The third kappa shape index (κ3) is 4.74. The molecule has 0 amide bonds. The third-order valence-corrected chi connectivity index (χ3v) is 4.30. The van der Waals surface area contributed by atoms with Crippen molar-refractivity contribution in [3.8, 4) is 0 Å². The number of benzene rings is 1. The molecule has 0 aliphatic carbocycles. The molecule has 0 aliphatic heterocycles. The second kappa shape index (κ2) is 6.73. The van der Waals surface area contributed by atoms with E-state index in [1.807, 2.05) is 0 Å². The van der Waals surface area contributed by atoms with Gasteiger partial charge in [0.1, 0.15) is 0 Å². The van der Waals surface area contributed by atoms with Gasteiger partial charge in [-0.15, -0.1) is 0 Å². The molecular weight excluding hydrogens is 297 g/mol. The predicted molar refractivity (Wildman–Crippen MR) is 72.6 cm³/mol. The summed E-state index contributed by atoms with van der Waals surface area (Å²) in [6, 6.07) is 3.89. The highest BCUT2D eigenvalue weighted by molar-refractivity contribution is 7.89. The van der Waals surface area contributed by atoms with E-state index in [1.54, 1.807) is 6.92 Å². The van der Waals surface area contributed by atoms with Crippen LogP contribution in [0.15, 0.2) is 23.1 Å². The number of hydrogen-bond acceptors (Lipinski definition) is 3. The second-order valence-electron chi connectivity index (χ2n) is 3.99. The Morgan fingerprint density at radius 3 is 2.33 bits per heavy atom. The van der Waals surface area contributed by atoms with E-state index >= 15 is 0 Å². The van der Waals surface area contributed by atoms with Crippen LogP contribution in [0.4, 0.5) is 0 Å². The standard InChI is InChI=1S/C11H15Cl2NO3S/c1-8(3-2-4-15)14-18(16,17)11-6-9(12)5-10(13)7-11/h5-8,14-15H,2-4H2,1H3. The van der Waals surface area contributed by atoms with Crippen LogP contribution in [0.1, 0.15) is 19.8 Å². The molecule has 0 bridgehead atoms. The molecule has 0 saturated carbocycles. The summed E-state index contributed by atoms with van der Waals surface area (Å²) < 4.78 is 26.5. The highest BCUT2D eigenvalue weighted by Gasteiger charge is 2.18. The quantitative estimate of drug-likeness (QED) is 0.848. The summed E-state index contributed by atoms with van der Waals surface area (Å²) in [5.41, 5.74) is 0. The van der Waals surface area contributed by atoms with Crippen LogP contribution in [-0.2, 0) is 10.0 Å². The Balaban J connectivity index is 2.86. The Labute approximate surface area is 117 Å². The zero-order valence-electron chi connectivity index (χ0n) is 9.86. The zero-order chi connectivity index (χ0) is 13.8. The molecule has 1 aromatic rings. The Morgan fingerprint density at radius 1 is 1.28 bits per heavy atom. The van der Waals surface area contributed by atoms with Crippen molar-refractivity contribution in [2.75, 3.05) is 6.61 Å². The number of hydrogen-bond donors (Lipinski definition) is 2. The van der Waals surface area contributed by atoms with Crippen molar-refractivity contribution in [2.45, 2.75) is 30.7 Å². The van der Waals surface area contributed by atoms with Gasteiger partial charge >= 0.3 is 0 Å². The molecule has 1 atom stereocenters. The van der Waals surface area contributed by atoms with Crippen molar-refractivity contribution in [1.29, 1.82) is 0 Å². The van der Waals surface area contributed by atoms with E-state index in [1.165, 1.54) is 18.2 Å². The lowest BCUT2D eigenvalue weighted by Crippen LogP contribution is -2.32. The van der Waals surface area contributed by atoms with Gasteiger partial charge in [-0.25, -0.2) is 13.1 Å². The highest BCUT2D eigenvalue weighted by Crippen LogP contribution is 2.22. The summed E-state index contributed by atoms with van der Waals surface area (Å²) in [5.74, 6) is 0. The van der Waals surface area contributed by atoms with E-state index in [2.05, 4.69) is 4.72 Å². The topological polar surface area (TPSA) is 66.4 Å². The Bertz CT molecular complexity index is 485. The fourth-order valence-electron chi connectivity index (χ4n) is 1.47. The van der Waals surface area contributed by atoms with Crippen LogP contribution in [0.3, 0.4) is 0 Å². The lowest BCUT2D eigenvalue weighted by molar-refractivity contribution is 0.279. The summed E-state index contributed by atoms with van der Waals surface area (Å²) >= 11 is 11.5. The molecule has 0 radical (unpaired) electrons. The minimum Gasteiger partial charge on any atom is -0.396 e. The lowest BCUT2D eigenvalue weighted by Gasteiger charge is -2.14.